The predicted molar refractivity (Wildman–Crippen MR) is 92.5 cm³/mol. The fourth-order valence-electron chi connectivity index (χ4n) is 2.81. The number of nitrogens with one attached hydrogen (secondary N) is 2. The van der Waals surface area contributed by atoms with Gasteiger partial charge < -0.3 is 10.1 Å². The number of benzene rings is 1. The smallest absolute Gasteiger partial charge is 0.272 e. The molecule has 3 heterocycles. The van der Waals surface area contributed by atoms with Gasteiger partial charge in [-0.2, -0.15) is 5.10 Å². The average molecular weight is 357 g/mol. The summed E-state index contributed by atoms with van der Waals surface area (Å²) in [5.41, 5.74) is 0.238. The van der Waals surface area contributed by atoms with Gasteiger partial charge in [0.25, 0.3) is 5.56 Å². The number of hydrogen-bond acceptors (Lipinski definition) is 7. The second-order valence-corrected chi connectivity index (χ2v) is 6.73. The molecule has 1 aliphatic rings. The second-order valence-electron chi connectivity index (χ2n) is 5.72. The molecular formula is C16H15N5O3S. The Hall–Kier alpha value is -2.65. The zero-order valence-corrected chi connectivity index (χ0v) is 14.0. The van der Waals surface area contributed by atoms with Gasteiger partial charge >= 0.3 is 0 Å². The van der Waals surface area contributed by atoms with Crippen LogP contribution in [0, 0.1) is 0 Å². The second kappa shape index (κ2) is 6.69. The number of nitrogens with zero attached hydrogens (tertiary/aromatic N) is 3. The van der Waals surface area contributed by atoms with Crippen LogP contribution in [0.25, 0.3) is 10.8 Å². The van der Waals surface area contributed by atoms with Gasteiger partial charge in [-0.3, -0.25) is 9.59 Å². The Balaban J connectivity index is 1.49. The van der Waals surface area contributed by atoms with Crippen LogP contribution in [0.2, 0.25) is 0 Å². The van der Waals surface area contributed by atoms with Crippen molar-refractivity contribution in [1.29, 1.82) is 0 Å². The summed E-state index contributed by atoms with van der Waals surface area (Å²) in [7, 11) is 0. The minimum absolute atomic E-state index is 0.0204. The number of aromatic amines is 1. The number of carbonyl (C=O) groups excluding carboxylic acids is 1. The van der Waals surface area contributed by atoms with E-state index in [0.29, 0.717) is 21.6 Å². The molecule has 8 nitrogen and oxygen atoms in total. The number of carbonyl (C=O) groups is 1. The number of amides is 1. The number of hydrogen-bond donors (Lipinski definition) is 2. The molecule has 1 amide bonds. The highest BCUT2D eigenvalue weighted by atomic mass is 32.1. The lowest BCUT2D eigenvalue weighted by atomic mass is 10.1. The lowest BCUT2D eigenvalue weighted by Crippen LogP contribution is -2.18. The van der Waals surface area contributed by atoms with Gasteiger partial charge in [0.15, 0.2) is 0 Å². The number of ether oxygens (including phenoxy) is 1. The number of aromatic nitrogens is 4. The summed E-state index contributed by atoms with van der Waals surface area (Å²) in [6, 6.07) is 7.06. The number of H-pyrrole nitrogens is 1. The van der Waals surface area contributed by atoms with E-state index in [1.54, 1.807) is 18.2 Å². The highest BCUT2D eigenvalue weighted by molar-refractivity contribution is 7.15. The summed E-state index contributed by atoms with van der Waals surface area (Å²) in [4.78, 5) is 24.1. The molecule has 0 aliphatic carbocycles. The van der Waals surface area contributed by atoms with E-state index in [1.807, 2.05) is 6.07 Å². The Morgan fingerprint density at radius 2 is 2.16 bits per heavy atom. The highest BCUT2D eigenvalue weighted by Gasteiger charge is 2.22. The maximum Gasteiger partial charge on any atom is 0.272 e. The molecule has 128 valence electrons. The molecule has 0 radical (unpaired) electrons. The lowest BCUT2D eigenvalue weighted by Gasteiger charge is -2.04. The van der Waals surface area contributed by atoms with Crippen LogP contribution in [-0.4, -0.2) is 32.9 Å². The third kappa shape index (κ3) is 3.28. The third-order valence-corrected chi connectivity index (χ3v) is 4.93. The number of rotatable bonds is 4. The average Bonchev–Trinajstić information content (AvgIpc) is 3.29. The molecule has 1 atom stereocenters. The zero-order chi connectivity index (χ0) is 17.2. The molecule has 4 rings (SSSR count). The minimum Gasteiger partial charge on any atom is -0.371 e. The summed E-state index contributed by atoms with van der Waals surface area (Å²) < 4.78 is 5.56. The van der Waals surface area contributed by atoms with Crippen molar-refractivity contribution in [3.63, 3.8) is 0 Å². The molecule has 1 fully saturated rings. The van der Waals surface area contributed by atoms with Crippen LogP contribution in [-0.2, 0) is 16.0 Å². The van der Waals surface area contributed by atoms with Gasteiger partial charge in [-0.25, -0.2) is 5.10 Å². The summed E-state index contributed by atoms with van der Waals surface area (Å²) in [6.07, 6.45) is 1.95. The van der Waals surface area contributed by atoms with Gasteiger partial charge in [0, 0.05) is 12.0 Å². The standard InChI is InChI=1S/C16H15N5O3S/c22-13(17-16-21-20-15(25-16)12-6-3-7-24-12)8-11-9-4-1-2-5-10(9)14(23)19-18-11/h1-2,4-5,12H,3,6-8H2,(H,19,23)(H,17,21,22)/t12-/m0/s1. The molecule has 9 heteroatoms. The Morgan fingerprint density at radius 1 is 1.32 bits per heavy atom. The third-order valence-electron chi connectivity index (χ3n) is 4.00. The predicted octanol–water partition coefficient (Wildman–Crippen LogP) is 1.81. The molecule has 1 saturated heterocycles. The van der Waals surface area contributed by atoms with Crippen molar-refractivity contribution in [2.24, 2.45) is 0 Å². The Morgan fingerprint density at radius 3 is 2.96 bits per heavy atom. The van der Waals surface area contributed by atoms with E-state index >= 15 is 0 Å². The summed E-state index contributed by atoms with van der Waals surface area (Å²) in [5, 5.41) is 19.6. The molecule has 0 bridgehead atoms. The molecular weight excluding hydrogens is 342 g/mol. The first-order valence-electron chi connectivity index (χ1n) is 7.92. The van der Waals surface area contributed by atoms with Gasteiger partial charge in [-0.15, -0.1) is 10.2 Å². The first-order chi connectivity index (χ1) is 12.2. The fourth-order valence-corrected chi connectivity index (χ4v) is 3.65. The van der Waals surface area contributed by atoms with Crippen molar-refractivity contribution in [1.82, 2.24) is 20.4 Å². The molecule has 0 saturated carbocycles. The summed E-state index contributed by atoms with van der Waals surface area (Å²) >= 11 is 1.32. The Labute approximate surface area is 146 Å². The van der Waals surface area contributed by atoms with Gasteiger partial charge in [0.2, 0.25) is 11.0 Å². The SMILES string of the molecule is O=C(Cc1n[nH]c(=O)c2ccccc12)Nc1nnc([C@@H]2CCCO2)s1. The van der Waals surface area contributed by atoms with Gasteiger partial charge in [-0.1, -0.05) is 29.5 Å². The molecule has 25 heavy (non-hydrogen) atoms. The maximum atomic E-state index is 12.3. The first kappa shape index (κ1) is 15.9. The maximum absolute atomic E-state index is 12.3. The monoisotopic (exact) mass is 357 g/mol. The van der Waals surface area contributed by atoms with E-state index in [4.69, 9.17) is 4.74 Å². The van der Waals surface area contributed by atoms with Crippen molar-refractivity contribution in [3.8, 4) is 0 Å². The first-order valence-corrected chi connectivity index (χ1v) is 8.73. The van der Waals surface area contributed by atoms with Crippen molar-refractivity contribution < 1.29 is 9.53 Å². The quantitative estimate of drug-likeness (QED) is 0.737. The Kier molecular flexibility index (Phi) is 4.24. The van der Waals surface area contributed by atoms with Crippen molar-refractivity contribution in [2.45, 2.75) is 25.4 Å². The van der Waals surface area contributed by atoms with E-state index < -0.39 is 0 Å². The van der Waals surface area contributed by atoms with E-state index in [9.17, 15) is 9.59 Å². The molecule has 2 aromatic heterocycles. The Bertz CT molecular complexity index is 977. The van der Waals surface area contributed by atoms with E-state index in [2.05, 4.69) is 25.7 Å². The molecule has 0 spiro atoms. The van der Waals surface area contributed by atoms with Crippen LogP contribution < -0.4 is 10.9 Å². The van der Waals surface area contributed by atoms with Crippen LogP contribution in [0.4, 0.5) is 5.13 Å². The number of anilines is 1. The van der Waals surface area contributed by atoms with Gasteiger partial charge in [0.1, 0.15) is 11.1 Å². The van der Waals surface area contributed by atoms with Crippen molar-refractivity contribution >= 4 is 33.1 Å². The molecule has 3 aromatic rings. The lowest BCUT2D eigenvalue weighted by molar-refractivity contribution is -0.115. The molecule has 0 unspecified atom stereocenters. The van der Waals surface area contributed by atoms with Crippen LogP contribution in [0.15, 0.2) is 29.1 Å². The topological polar surface area (TPSA) is 110 Å². The normalized spacial score (nSPS) is 17.0. The zero-order valence-electron chi connectivity index (χ0n) is 13.2. The van der Waals surface area contributed by atoms with E-state index in [-0.39, 0.29) is 24.0 Å². The van der Waals surface area contributed by atoms with Crippen LogP contribution in [0.3, 0.4) is 0 Å². The van der Waals surface area contributed by atoms with Crippen LogP contribution in [0.1, 0.15) is 29.6 Å². The fraction of sp³-hybridized carbons (Fsp3) is 0.312. The van der Waals surface area contributed by atoms with E-state index in [1.165, 1.54) is 11.3 Å². The van der Waals surface area contributed by atoms with Crippen molar-refractivity contribution in [2.75, 3.05) is 11.9 Å². The molecule has 1 aliphatic heterocycles. The van der Waals surface area contributed by atoms with Gasteiger partial charge in [-0.05, 0) is 18.9 Å². The van der Waals surface area contributed by atoms with Gasteiger partial charge in [0.05, 0.1) is 17.5 Å². The molecule has 1 aromatic carbocycles. The van der Waals surface area contributed by atoms with Crippen molar-refractivity contribution in [3.05, 3.63) is 45.3 Å². The highest BCUT2D eigenvalue weighted by Crippen LogP contribution is 2.31. The summed E-state index contributed by atoms with van der Waals surface area (Å²) in [6.45, 7) is 0.733. The molecule has 2 N–H and O–H groups in total. The summed E-state index contributed by atoms with van der Waals surface area (Å²) in [5.74, 6) is -0.264. The van der Waals surface area contributed by atoms with Crippen LogP contribution >= 0.6 is 11.3 Å². The van der Waals surface area contributed by atoms with Crippen LogP contribution in [0.5, 0.6) is 0 Å². The van der Waals surface area contributed by atoms with E-state index in [0.717, 1.165) is 24.5 Å². The largest absolute Gasteiger partial charge is 0.371 e. The minimum atomic E-state index is -0.273. The number of fused-ring (bicyclic) bond motifs is 1.